The molecule has 108 valence electrons. The second kappa shape index (κ2) is 6.56. The van der Waals surface area contributed by atoms with E-state index in [1.807, 2.05) is 25.5 Å². The molecule has 1 aromatic rings. The van der Waals surface area contributed by atoms with Crippen molar-refractivity contribution in [3.05, 3.63) is 16.4 Å². The molecule has 1 heterocycles. The van der Waals surface area contributed by atoms with E-state index in [0.717, 1.165) is 42.2 Å². The van der Waals surface area contributed by atoms with Crippen LogP contribution in [0.25, 0.3) is 0 Å². The van der Waals surface area contributed by atoms with Crippen LogP contribution in [0.1, 0.15) is 58.8 Å². The Balaban J connectivity index is 2.68. The molecule has 0 bridgehead atoms. The molecule has 0 spiro atoms. The van der Waals surface area contributed by atoms with Crippen molar-refractivity contribution in [1.29, 1.82) is 0 Å². The first kappa shape index (κ1) is 16.2. The van der Waals surface area contributed by atoms with Crippen LogP contribution >= 0.6 is 11.6 Å². The van der Waals surface area contributed by atoms with E-state index in [1.54, 1.807) is 0 Å². The molecule has 3 nitrogen and oxygen atoms in total. The lowest BCUT2D eigenvalue weighted by Crippen LogP contribution is -2.20. The third kappa shape index (κ3) is 4.07. The highest BCUT2D eigenvalue weighted by molar-refractivity contribution is 6.31. The number of carbonyl (C=O) groups is 1. The van der Waals surface area contributed by atoms with Gasteiger partial charge in [-0.3, -0.25) is 9.48 Å². The number of hydrogen-bond donors (Lipinski definition) is 0. The lowest BCUT2D eigenvalue weighted by atomic mass is 9.88. The number of ketones is 1. The van der Waals surface area contributed by atoms with Crippen LogP contribution in [0.4, 0.5) is 0 Å². The molecule has 0 amide bonds. The topological polar surface area (TPSA) is 34.9 Å². The van der Waals surface area contributed by atoms with Crippen molar-refractivity contribution in [3.63, 3.8) is 0 Å². The van der Waals surface area contributed by atoms with Crippen molar-refractivity contribution in [2.24, 2.45) is 5.41 Å². The minimum Gasteiger partial charge on any atom is -0.299 e. The summed E-state index contributed by atoms with van der Waals surface area (Å²) < 4.78 is 1.96. The zero-order chi connectivity index (χ0) is 14.6. The summed E-state index contributed by atoms with van der Waals surface area (Å²) in [5.74, 6) is 0.307. The van der Waals surface area contributed by atoms with Crippen molar-refractivity contribution in [2.75, 3.05) is 0 Å². The van der Waals surface area contributed by atoms with Crippen molar-refractivity contribution >= 4 is 17.4 Å². The van der Waals surface area contributed by atoms with Gasteiger partial charge < -0.3 is 0 Å². The Labute approximate surface area is 121 Å². The molecule has 19 heavy (non-hydrogen) atoms. The summed E-state index contributed by atoms with van der Waals surface area (Å²) in [7, 11) is 0. The van der Waals surface area contributed by atoms with E-state index in [0.29, 0.717) is 12.2 Å². The van der Waals surface area contributed by atoms with Gasteiger partial charge in [0.25, 0.3) is 0 Å². The van der Waals surface area contributed by atoms with Crippen LogP contribution in [0.5, 0.6) is 0 Å². The molecule has 0 saturated heterocycles. The van der Waals surface area contributed by atoms with Gasteiger partial charge in [-0.1, -0.05) is 39.3 Å². The van der Waals surface area contributed by atoms with E-state index in [-0.39, 0.29) is 5.41 Å². The van der Waals surface area contributed by atoms with E-state index in [2.05, 4.69) is 18.9 Å². The van der Waals surface area contributed by atoms with Gasteiger partial charge in [-0.05, 0) is 26.2 Å². The summed E-state index contributed by atoms with van der Waals surface area (Å²) in [6, 6.07) is 0. The Morgan fingerprint density at radius 1 is 1.32 bits per heavy atom. The molecular weight excluding hydrogens is 260 g/mol. The zero-order valence-electron chi connectivity index (χ0n) is 12.7. The van der Waals surface area contributed by atoms with Crippen LogP contribution in [-0.2, 0) is 24.2 Å². The lowest BCUT2D eigenvalue weighted by Gasteiger charge is -2.16. The van der Waals surface area contributed by atoms with Gasteiger partial charge in [0.1, 0.15) is 5.78 Å². The molecule has 0 radical (unpaired) electrons. The third-order valence-corrected chi connectivity index (χ3v) is 3.78. The maximum absolute atomic E-state index is 11.9. The first-order valence-corrected chi connectivity index (χ1v) is 7.46. The number of rotatable bonds is 6. The molecule has 4 heteroatoms. The van der Waals surface area contributed by atoms with Crippen molar-refractivity contribution in [2.45, 2.75) is 66.8 Å². The minimum absolute atomic E-state index is 0.247. The quantitative estimate of drug-likeness (QED) is 0.790. The van der Waals surface area contributed by atoms with E-state index in [9.17, 15) is 4.79 Å². The van der Waals surface area contributed by atoms with Gasteiger partial charge in [0.05, 0.1) is 16.4 Å². The second-order valence-corrected chi connectivity index (χ2v) is 6.28. The Hall–Kier alpha value is -0.830. The third-order valence-electron chi connectivity index (χ3n) is 3.35. The predicted molar refractivity (Wildman–Crippen MR) is 79.7 cm³/mol. The van der Waals surface area contributed by atoms with Gasteiger partial charge in [-0.15, -0.1) is 0 Å². The number of carbonyl (C=O) groups excluding carboxylic acids is 1. The first-order chi connectivity index (χ1) is 8.81. The van der Waals surface area contributed by atoms with Crippen LogP contribution in [0, 0.1) is 5.41 Å². The molecule has 0 unspecified atom stereocenters. The molecule has 0 aliphatic rings. The Kier molecular flexibility index (Phi) is 5.60. The normalized spacial score (nSPS) is 11.9. The van der Waals surface area contributed by atoms with Gasteiger partial charge in [0.15, 0.2) is 0 Å². The summed E-state index contributed by atoms with van der Waals surface area (Å²) in [5, 5.41) is 5.28. The lowest BCUT2D eigenvalue weighted by molar-refractivity contribution is -0.126. The Bertz CT molecular complexity index is 444. The van der Waals surface area contributed by atoms with Crippen molar-refractivity contribution in [1.82, 2.24) is 9.78 Å². The SMILES string of the molecule is CCc1nn(CC)c(CCCC(=O)C(C)(C)C)c1Cl. The van der Waals surface area contributed by atoms with Crippen LogP contribution in [0.3, 0.4) is 0 Å². The number of aromatic nitrogens is 2. The fourth-order valence-electron chi connectivity index (χ4n) is 2.05. The Morgan fingerprint density at radius 2 is 1.95 bits per heavy atom. The smallest absolute Gasteiger partial charge is 0.138 e. The van der Waals surface area contributed by atoms with E-state index >= 15 is 0 Å². The average molecular weight is 285 g/mol. The summed E-state index contributed by atoms with van der Waals surface area (Å²) >= 11 is 6.35. The largest absolute Gasteiger partial charge is 0.299 e. The molecular formula is C15H25ClN2O. The molecule has 0 saturated carbocycles. The maximum atomic E-state index is 11.9. The van der Waals surface area contributed by atoms with E-state index in [4.69, 9.17) is 11.6 Å². The molecule has 0 N–H and O–H groups in total. The average Bonchev–Trinajstić information content (AvgIpc) is 2.64. The minimum atomic E-state index is -0.247. The summed E-state index contributed by atoms with van der Waals surface area (Å²) in [5.41, 5.74) is 1.78. The zero-order valence-corrected chi connectivity index (χ0v) is 13.5. The molecule has 0 aromatic carbocycles. The molecule has 0 atom stereocenters. The number of aryl methyl sites for hydroxylation is 2. The Morgan fingerprint density at radius 3 is 2.42 bits per heavy atom. The summed E-state index contributed by atoms with van der Waals surface area (Å²) in [6.07, 6.45) is 3.11. The van der Waals surface area contributed by atoms with Crippen LogP contribution < -0.4 is 0 Å². The van der Waals surface area contributed by atoms with Gasteiger partial charge >= 0.3 is 0 Å². The van der Waals surface area contributed by atoms with Crippen molar-refractivity contribution in [3.8, 4) is 0 Å². The number of Topliss-reactive ketones (excluding diaryl/α,β-unsaturated/α-hetero) is 1. The standard InChI is InChI=1S/C15H25ClN2O/c1-6-11-14(16)12(18(7-2)17-11)9-8-10-13(19)15(3,4)5/h6-10H2,1-5H3. The van der Waals surface area contributed by atoms with Gasteiger partial charge in [-0.2, -0.15) is 5.10 Å². The maximum Gasteiger partial charge on any atom is 0.138 e. The monoisotopic (exact) mass is 284 g/mol. The molecule has 0 fully saturated rings. The first-order valence-electron chi connectivity index (χ1n) is 7.08. The highest BCUT2D eigenvalue weighted by Gasteiger charge is 2.21. The highest BCUT2D eigenvalue weighted by atomic mass is 35.5. The number of hydrogen-bond acceptors (Lipinski definition) is 2. The predicted octanol–water partition coefficient (Wildman–Crippen LogP) is 4.06. The van der Waals surface area contributed by atoms with Crippen molar-refractivity contribution < 1.29 is 4.79 Å². The van der Waals surface area contributed by atoms with Crippen LogP contribution in [-0.4, -0.2) is 15.6 Å². The fourth-order valence-corrected chi connectivity index (χ4v) is 2.41. The highest BCUT2D eigenvalue weighted by Crippen LogP contribution is 2.24. The fraction of sp³-hybridized carbons (Fsp3) is 0.733. The van der Waals surface area contributed by atoms with Gasteiger partial charge in [0.2, 0.25) is 0 Å². The van der Waals surface area contributed by atoms with E-state index in [1.165, 1.54) is 0 Å². The van der Waals surface area contributed by atoms with Gasteiger partial charge in [0, 0.05) is 18.4 Å². The summed E-state index contributed by atoms with van der Waals surface area (Å²) in [4.78, 5) is 11.9. The molecule has 1 aromatic heterocycles. The number of halogens is 1. The van der Waals surface area contributed by atoms with E-state index < -0.39 is 0 Å². The van der Waals surface area contributed by atoms with Crippen LogP contribution in [0.2, 0.25) is 5.02 Å². The summed E-state index contributed by atoms with van der Waals surface area (Å²) in [6.45, 7) is 10.8. The molecule has 0 aliphatic carbocycles. The van der Waals surface area contributed by atoms with Gasteiger partial charge in [-0.25, -0.2) is 0 Å². The van der Waals surface area contributed by atoms with Crippen LogP contribution in [0.15, 0.2) is 0 Å². The molecule has 0 aliphatic heterocycles. The second-order valence-electron chi connectivity index (χ2n) is 5.90. The number of nitrogens with zero attached hydrogens (tertiary/aromatic N) is 2. The molecule has 1 rings (SSSR count).